The van der Waals surface area contributed by atoms with Crippen LogP contribution in [0.25, 0.3) is 22.2 Å². The Labute approximate surface area is 165 Å². The van der Waals surface area contributed by atoms with Gasteiger partial charge in [0.2, 0.25) is 0 Å². The standard InChI is InChI=1S/C23H26N4O/c1-14-11-24-22-20(14)10-17(12-25-22)16-8-15-6-7-27(19-4-5-19)23(28)21(15)18(9-16)13-26(2)3/h8-12,19H,4-7,13H2,1-3H3,(H,24,25). The van der Waals surface area contributed by atoms with Gasteiger partial charge in [-0.25, -0.2) is 4.98 Å². The van der Waals surface area contributed by atoms with Crippen molar-refractivity contribution in [3.05, 3.63) is 52.8 Å². The number of pyridine rings is 1. The molecule has 0 saturated heterocycles. The Hall–Kier alpha value is -2.66. The second kappa shape index (κ2) is 6.45. The molecule has 0 spiro atoms. The van der Waals surface area contributed by atoms with E-state index in [0.29, 0.717) is 6.04 Å². The smallest absolute Gasteiger partial charge is 0.254 e. The largest absolute Gasteiger partial charge is 0.346 e. The summed E-state index contributed by atoms with van der Waals surface area (Å²) < 4.78 is 0. The topological polar surface area (TPSA) is 52.2 Å². The highest BCUT2D eigenvalue weighted by atomic mass is 16.2. The van der Waals surface area contributed by atoms with Crippen molar-refractivity contribution >= 4 is 16.9 Å². The molecule has 3 aromatic rings. The van der Waals surface area contributed by atoms with Gasteiger partial charge in [0.1, 0.15) is 5.65 Å². The van der Waals surface area contributed by atoms with Gasteiger partial charge in [-0.1, -0.05) is 6.07 Å². The number of nitrogens with zero attached hydrogens (tertiary/aromatic N) is 3. The van der Waals surface area contributed by atoms with Crippen LogP contribution in [0.3, 0.4) is 0 Å². The Balaban J connectivity index is 1.63. The second-order valence-electron chi connectivity index (χ2n) is 8.48. The Morgan fingerprint density at radius 1 is 1.21 bits per heavy atom. The summed E-state index contributed by atoms with van der Waals surface area (Å²) in [5, 5.41) is 1.15. The lowest BCUT2D eigenvalue weighted by Gasteiger charge is -2.31. The number of amides is 1. The monoisotopic (exact) mass is 374 g/mol. The quantitative estimate of drug-likeness (QED) is 0.756. The van der Waals surface area contributed by atoms with Crippen LogP contribution in [0, 0.1) is 6.92 Å². The fraction of sp³-hybridized carbons (Fsp3) is 0.391. The van der Waals surface area contributed by atoms with Gasteiger partial charge in [-0.05, 0) is 74.7 Å². The van der Waals surface area contributed by atoms with Gasteiger partial charge in [0, 0.05) is 48.0 Å². The molecule has 1 N–H and O–H groups in total. The maximum absolute atomic E-state index is 13.2. The van der Waals surface area contributed by atoms with Gasteiger partial charge >= 0.3 is 0 Å². The lowest BCUT2D eigenvalue weighted by Crippen LogP contribution is -2.40. The first-order valence-electron chi connectivity index (χ1n) is 10.1. The summed E-state index contributed by atoms with van der Waals surface area (Å²) in [6.07, 6.45) is 7.18. The number of aromatic nitrogens is 2. The molecule has 5 rings (SSSR count). The number of rotatable bonds is 4. The van der Waals surface area contributed by atoms with E-state index < -0.39 is 0 Å². The molecular formula is C23H26N4O. The predicted octanol–water partition coefficient (Wildman–Crippen LogP) is 3.76. The van der Waals surface area contributed by atoms with E-state index in [1.165, 1.54) is 11.1 Å². The van der Waals surface area contributed by atoms with E-state index in [9.17, 15) is 4.79 Å². The zero-order chi connectivity index (χ0) is 19.4. The first kappa shape index (κ1) is 17.4. The molecular weight excluding hydrogens is 348 g/mol. The minimum absolute atomic E-state index is 0.224. The first-order valence-corrected chi connectivity index (χ1v) is 10.1. The summed E-state index contributed by atoms with van der Waals surface area (Å²) in [5.41, 5.74) is 7.62. The normalized spacial score (nSPS) is 16.9. The van der Waals surface area contributed by atoms with Crippen LogP contribution in [-0.4, -0.2) is 52.4 Å². The van der Waals surface area contributed by atoms with Crippen LogP contribution >= 0.6 is 0 Å². The molecule has 2 aromatic heterocycles. The van der Waals surface area contributed by atoms with Gasteiger partial charge in [-0.3, -0.25) is 4.79 Å². The Morgan fingerprint density at radius 3 is 2.79 bits per heavy atom. The summed E-state index contributed by atoms with van der Waals surface area (Å²) >= 11 is 0. The third-order valence-electron chi connectivity index (χ3n) is 5.94. The van der Waals surface area contributed by atoms with Crippen LogP contribution in [-0.2, 0) is 13.0 Å². The molecule has 0 radical (unpaired) electrons. The Kier molecular flexibility index (Phi) is 4.02. The minimum Gasteiger partial charge on any atom is -0.346 e. The molecule has 5 nitrogen and oxygen atoms in total. The third-order valence-corrected chi connectivity index (χ3v) is 5.94. The van der Waals surface area contributed by atoms with Gasteiger partial charge < -0.3 is 14.8 Å². The van der Waals surface area contributed by atoms with Crippen LogP contribution < -0.4 is 0 Å². The molecule has 3 heterocycles. The molecule has 2 aliphatic rings. The second-order valence-corrected chi connectivity index (χ2v) is 8.48. The molecule has 28 heavy (non-hydrogen) atoms. The number of nitrogens with one attached hydrogen (secondary N) is 1. The van der Waals surface area contributed by atoms with Crippen molar-refractivity contribution in [3.8, 4) is 11.1 Å². The number of carbonyl (C=O) groups excluding carboxylic acids is 1. The number of hydrogen-bond donors (Lipinski definition) is 1. The van der Waals surface area contributed by atoms with Crippen molar-refractivity contribution in [2.45, 2.75) is 38.8 Å². The number of aryl methyl sites for hydroxylation is 1. The van der Waals surface area contributed by atoms with Crippen LogP contribution in [0.15, 0.2) is 30.6 Å². The molecule has 5 heteroatoms. The average molecular weight is 374 g/mol. The lowest BCUT2D eigenvalue weighted by atomic mass is 9.89. The number of benzene rings is 1. The molecule has 1 fully saturated rings. The molecule has 0 atom stereocenters. The fourth-order valence-corrected chi connectivity index (χ4v) is 4.38. The van der Waals surface area contributed by atoms with Gasteiger partial charge in [0.15, 0.2) is 0 Å². The van der Waals surface area contributed by atoms with Crippen molar-refractivity contribution in [1.29, 1.82) is 0 Å². The van der Waals surface area contributed by atoms with E-state index in [-0.39, 0.29) is 5.91 Å². The van der Waals surface area contributed by atoms with E-state index >= 15 is 0 Å². The van der Waals surface area contributed by atoms with Crippen LogP contribution in [0.2, 0.25) is 0 Å². The molecule has 1 aliphatic carbocycles. The number of fused-ring (bicyclic) bond motifs is 2. The van der Waals surface area contributed by atoms with Gasteiger partial charge in [0.05, 0.1) is 0 Å². The fourth-order valence-electron chi connectivity index (χ4n) is 4.38. The minimum atomic E-state index is 0.224. The number of hydrogen-bond acceptors (Lipinski definition) is 3. The molecule has 0 unspecified atom stereocenters. The zero-order valence-corrected chi connectivity index (χ0v) is 16.7. The summed E-state index contributed by atoms with van der Waals surface area (Å²) in [6, 6.07) is 7.08. The van der Waals surface area contributed by atoms with E-state index in [1.54, 1.807) is 0 Å². The summed E-state index contributed by atoms with van der Waals surface area (Å²) in [4.78, 5) is 25.3. The number of carbonyl (C=O) groups is 1. The summed E-state index contributed by atoms with van der Waals surface area (Å²) in [7, 11) is 4.11. The van der Waals surface area contributed by atoms with E-state index in [2.05, 4.69) is 59.0 Å². The number of aromatic amines is 1. The predicted molar refractivity (Wildman–Crippen MR) is 111 cm³/mol. The lowest BCUT2D eigenvalue weighted by molar-refractivity contribution is 0.0725. The number of H-pyrrole nitrogens is 1. The Morgan fingerprint density at radius 2 is 2.04 bits per heavy atom. The molecule has 1 saturated carbocycles. The first-order chi connectivity index (χ1) is 13.5. The highest BCUT2D eigenvalue weighted by Gasteiger charge is 2.37. The molecule has 144 valence electrons. The SMILES string of the molecule is Cc1c[nH]c2ncc(-c3cc4c(c(CN(C)C)c3)C(=O)N(C3CC3)CC4)cc12. The maximum Gasteiger partial charge on any atom is 0.254 e. The van der Waals surface area contributed by atoms with Gasteiger partial charge in [-0.2, -0.15) is 0 Å². The van der Waals surface area contributed by atoms with Crippen LogP contribution in [0.4, 0.5) is 0 Å². The summed E-state index contributed by atoms with van der Waals surface area (Å²) in [6.45, 7) is 3.70. The third kappa shape index (κ3) is 2.90. The van der Waals surface area contributed by atoms with Crippen LogP contribution in [0.1, 0.15) is 39.9 Å². The molecule has 1 aromatic carbocycles. The van der Waals surface area contributed by atoms with E-state index in [4.69, 9.17) is 0 Å². The van der Waals surface area contributed by atoms with Crippen LogP contribution in [0.5, 0.6) is 0 Å². The van der Waals surface area contributed by atoms with Gasteiger partial charge in [0.25, 0.3) is 5.91 Å². The maximum atomic E-state index is 13.2. The highest BCUT2D eigenvalue weighted by Crippen LogP contribution is 2.35. The van der Waals surface area contributed by atoms with E-state index in [0.717, 1.165) is 65.6 Å². The Bertz CT molecular complexity index is 1080. The summed E-state index contributed by atoms with van der Waals surface area (Å²) in [5.74, 6) is 0.224. The zero-order valence-electron chi connectivity index (χ0n) is 16.7. The van der Waals surface area contributed by atoms with Crippen molar-refractivity contribution in [1.82, 2.24) is 19.8 Å². The average Bonchev–Trinajstić information content (AvgIpc) is 3.44. The van der Waals surface area contributed by atoms with E-state index in [1.807, 2.05) is 12.4 Å². The van der Waals surface area contributed by atoms with Crippen molar-refractivity contribution in [2.75, 3.05) is 20.6 Å². The van der Waals surface area contributed by atoms with Crippen molar-refractivity contribution < 1.29 is 4.79 Å². The highest BCUT2D eigenvalue weighted by molar-refractivity contribution is 5.99. The molecule has 0 bridgehead atoms. The van der Waals surface area contributed by atoms with Crippen molar-refractivity contribution in [2.24, 2.45) is 0 Å². The van der Waals surface area contributed by atoms with Gasteiger partial charge in [-0.15, -0.1) is 0 Å². The van der Waals surface area contributed by atoms with Crippen molar-refractivity contribution in [3.63, 3.8) is 0 Å². The molecule has 1 aliphatic heterocycles. The molecule has 1 amide bonds.